The molecule has 7 nitrogen and oxygen atoms in total. The zero-order valence-corrected chi connectivity index (χ0v) is 22.7. The maximum atomic E-state index is 13.7. The van der Waals surface area contributed by atoms with E-state index in [1.54, 1.807) is 17.1 Å². The maximum Gasteiger partial charge on any atom is 0.252 e. The predicted molar refractivity (Wildman–Crippen MR) is 156 cm³/mol. The lowest BCUT2D eigenvalue weighted by Gasteiger charge is -2.17. The van der Waals surface area contributed by atoms with Gasteiger partial charge in [0.05, 0.1) is 28.9 Å². The van der Waals surface area contributed by atoms with Crippen LogP contribution in [0.3, 0.4) is 0 Å². The summed E-state index contributed by atoms with van der Waals surface area (Å²) in [5, 5.41) is 8.41. The highest BCUT2D eigenvalue weighted by atomic mass is 16.1. The number of nitrogens with one attached hydrogen (secondary N) is 1. The summed E-state index contributed by atoms with van der Waals surface area (Å²) in [6, 6.07) is 25.7. The van der Waals surface area contributed by atoms with Gasteiger partial charge in [0.25, 0.3) is 5.91 Å². The van der Waals surface area contributed by atoms with Crippen molar-refractivity contribution in [1.82, 2.24) is 30.0 Å². The van der Waals surface area contributed by atoms with Crippen molar-refractivity contribution >= 4 is 16.9 Å². The van der Waals surface area contributed by atoms with Gasteiger partial charge in [0.1, 0.15) is 0 Å². The number of pyridine rings is 2. The van der Waals surface area contributed by atoms with Crippen molar-refractivity contribution < 1.29 is 4.79 Å². The molecular weight excluding hydrogens is 484 g/mol. The van der Waals surface area contributed by atoms with E-state index in [1.165, 1.54) is 18.4 Å². The number of nitrogens with zero attached hydrogens (tertiary/aromatic N) is 5. The Morgan fingerprint density at radius 1 is 1.03 bits per heavy atom. The molecule has 5 aromatic rings. The Morgan fingerprint density at radius 3 is 2.62 bits per heavy atom. The van der Waals surface area contributed by atoms with Crippen LogP contribution in [-0.4, -0.2) is 44.1 Å². The highest BCUT2D eigenvalue weighted by molar-refractivity contribution is 6.06. The van der Waals surface area contributed by atoms with E-state index in [-0.39, 0.29) is 11.9 Å². The number of aromatic nitrogens is 4. The van der Waals surface area contributed by atoms with Crippen LogP contribution >= 0.6 is 0 Å². The van der Waals surface area contributed by atoms with Crippen LogP contribution in [0, 0.1) is 0 Å². The summed E-state index contributed by atoms with van der Waals surface area (Å²) in [4.78, 5) is 25.5. The van der Waals surface area contributed by atoms with Gasteiger partial charge in [-0.25, -0.2) is 9.97 Å². The monoisotopic (exact) mass is 518 g/mol. The molecule has 1 N–H and O–H groups in total. The molecule has 0 aliphatic heterocycles. The highest BCUT2D eigenvalue weighted by Gasteiger charge is 2.20. The van der Waals surface area contributed by atoms with E-state index in [0.29, 0.717) is 22.4 Å². The molecule has 0 aliphatic rings. The fraction of sp³-hybridized carbons (Fsp3) is 0.250. The van der Waals surface area contributed by atoms with Gasteiger partial charge in [0, 0.05) is 18.3 Å². The van der Waals surface area contributed by atoms with Crippen LogP contribution in [0.1, 0.15) is 54.2 Å². The van der Waals surface area contributed by atoms with Gasteiger partial charge >= 0.3 is 0 Å². The second-order valence-electron chi connectivity index (χ2n) is 9.93. The average Bonchev–Trinajstić information content (AvgIpc) is 3.40. The molecule has 2 aromatic carbocycles. The summed E-state index contributed by atoms with van der Waals surface area (Å²) in [6.07, 6.45) is 5.76. The van der Waals surface area contributed by atoms with Crippen LogP contribution in [0.4, 0.5) is 0 Å². The number of carbonyl (C=O) groups excluding carboxylic acids is 1. The molecule has 198 valence electrons. The molecule has 5 rings (SSSR count). The molecule has 0 radical (unpaired) electrons. The predicted octanol–water partition coefficient (Wildman–Crippen LogP) is 6.21. The standard InChI is InChI=1S/C32H34N6O/c1-4-5-18-37(3)22-24-12-11-15-26(19-24)29-20-27(32(39)35-23(2)25-13-7-6-8-14-25)28-21-34-38(31(28)36-29)30-16-9-10-17-33-30/h6-17,19-21,23H,4-5,18,22H2,1-3H3,(H,35,39)/t23-/m0/s1. The fourth-order valence-corrected chi connectivity index (χ4v) is 4.73. The van der Waals surface area contributed by atoms with Gasteiger partial charge in [-0.15, -0.1) is 0 Å². The van der Waals surface area contributed by atoms with Gasteiger partial charge in [-0.3, -0.25) is 4.79 Å². The molecule has 1 atom stereocenters. The van der Waals surface area contributed by atoms with Crippen LogP contribution in [-0.2, 0) is 6.54 Å². The zero-order chi connectivity index (χ0) is 27.2. The number of benzene rings is 2. The average molecular weight is 519 g/mol. The smallest absolute Gasteiger partial charge is 0.252 e. The molecular formula is C32H34N6O. The first-order chi connectivity index (χ1) is 19.0. The molecule has 0 saturated carbocycles. The van der Waals surface area contributed by atoms with Crippen molar-refractivity contribution in [3.05, 3.63) is 108 Å². The topological polar surface area (TPSA) is 75.9 Å². The van der Waals surface area contributed by atoms with E-state index in [9.17, 15) is 4.79 Å². The molecule has 0 bridgehead atoms. The minimum atomic E-state index is -0.170. The first kappa shape index (κ1) is 26.3. The quantitative estimate of drug-likeness (QED) is 0.238. The van der Waals surface area contributed by atoms with E-state index in [1.807, 2.05) is 67.6 Å². The number of carbonyl (C=O) groups is 1. The van der Waals surface area contributed by atoms with Gasteiger partial charge in [0.2, 0.25) is 0 Å². The third-order valence-corrected chi connectivity index (χ3v) is 6.87. The number of unbranched alkanes of at least 4 members (excludes halogenated alkanes) is 1. The van der Waals surface area contributed by atoms with E-state index in [4.69, 9.17) is 4.98 Å². The number of fused-ring (bicyclic) bond motifs is 1. The normalized spacial score (nSPS) is 12.1. The minimum absolute atomic E-state index is 0.154. The first-order valence-corrected chi connectivity index (χ1v) is 13.5. The molecule has 0 spiro atoms. The van der Waals surface area contributed by atoms with Gasteiger partial charge in [-0.05, 0) is 62.3 Å². The first-order valence-electron chi connectivity index (χ1n) is 13.5. The summed E-state index contributed by atoms with van der Waals surface area (Å²) < 4.78 is 1.69. The molecule has 0 fully saturated rings. The Bertz CT molecular complexity index is 1550. The van der Waals surface area contributed by atoms with Gasteiger partial charge in [-0.1, -0.05) is 67.9 Å². The van der Waals surface area contributed by atoms with E-state index in [0.717, 1.165) is 29.9 Å². The third kappa shape index (κ3) is 6.04. The van der Waals surface area contributed by atoms with E-state index >= 15 is 0 Å². The number of hydrogen-bond acceptors (Lipinski definition) is 5. The van der Waals surface area contributed by atoms with Crippen LogP contribution in [0.25, 0.3) is 28.1 Å². The van der Waals surface area contributed by atoms with Gasteiger partial charge < -0.3 is 10.2 Å². The summed E-state index contributed by atoms with van der Waals surface area (Å²) in [5.41, 5.74) is 5.04. The molecule has 0 unspecified atom stereocenters. The van der Waals surface area contributed by atoms with Crippen LogP contribution < -0.4 is 5.32 Å². The Labute approximate surface area is 229 Å². The number of rotatable bonds is 10. The molecule has 7 heteroatoms. The Morgan fingerprint density at radius 2 is 1.85 bits per heavy atom. The van der Waals surface area contributed by atoms with Crippen molar-refractivity contribution in [3.8, 4) is 17.1 Å². The molecule has 1 amide bonds. The van der Waals surface area contributed by atoms with Gasteiger partial charge in [-0.2, -0.15) is 9.78 Å². The summed E-state index contributed by atoms with van der Waals surface area (Å²) in [5.74, 6) is 0.475. The fourth-order valence-electron chi connectivity index (χ4n) is 4.73. The number of hydrogen-bond donors (Lipinski definition) is 1. The van der Waals surface area contributed by atoms with Crippen LogP contribution in [0.5, 0.6) is 0 Å². The lowest BCUT2D eigenvalue weighted by molar-refractivity contribution is 0.0941. The third-order valence-electron chi connectivity index (χ3n) is 6.87. The van der Waals surface area contributed by atoms with Crippen molar-refractivity contribution in [1.29, 1.82) is 0 Å². The Kier molecular flexibility index (Phi) is 8.08. The summed E-state index contributed by atoms with van der Waals surface area (Å²) in [7, 11) is 2.15. The Hall–Kier alpha value is -4.36. The van der Waals surface area contributed by atoms with Crippen LogP contribution in [0.15, 0.2) is 91.3 Å². The maximum absolute atomic E-state index is 13.7. The zero-order valence-electron chi connectivity index (χ0n) is 22.7. The van der Waals surface area contributed by atoms with Crippen molar-refractivity contribution in [2.24, 2.45) is 0 Å². The lowest BCUT2D eigenvalue weighted by atomic mass is 10.0. The number of amides is 1. The molecule has 39 heavy (non-hydrogen) atoms. The van der Waals surface area contributed by atoms with Crippen molar-refractivity contribution in [2.45, 2.75) is 39.3 Å². The van der Waals surface area contributed by atoms with E-state index < -0.39 is 0 Å². The van der Waals surface area contributed by atoms with Crippen LogP contribution in [0.2, 0.25) is 0 Å². The lowest BCUT2D eigenvalue weighted by Crippen LogP contribution is -2.27. The second-order valence-corrected chi connectivity index (χ2v) is 9.93. The molecule has 0 aliphatic carbocycles. The highest BCUT2D eigenvalue weighted by Crippen LogP contribution is 2.27. The largest absolute Gasteiger partial charge is 0.345 e. The van der Waals surface area contributed by atoms with Crippen molar-refractivity contribution in [2.75, 3.05) is 13.6 Å². The SMILES string of the molecule is CCCCN(C)Cc1cccc(-c2cc(C(=O)N[C@@H](C)c3ccccc3)c3cnn(-c4ccccn4)c3n2)c1. The molecule has 0 saturated heterocycles. The minimum Gasteiger partial charge on any atom is -0.345 e. The van der Waals surface area contributed by atoms with Crippen molar-refractivity contribution in [3.63, 3.8) is 0 Å². The second kappa shape index (κ2) is 12.0. The molecule has 3 heterocycles. The summed E-state index contributed by atoms with van der Waals surface area (Å²) >= 11 is 0. The van der Waals surface area contributed by atoms with E-state index in [2.05, 4.69) is 52.5 Å². The summed E-state index contributed by atoms with van der Waals surface area (Å²) in [6.45, 7) is 6.10. The molecule has 3 aromatic heterocycles. The Balaban J connectivity index is 1.56. The van der Waals surface area contributed by atoms with Gasteiger partial charge in [0.15, 0.2) is 11.5 Å².